The van der Waals surface area contributed by atoms with E-state index in [9.17, 15) is 8.42 Å². The van der Waals surface area contributed by atoms with Crippen LogP contribution in [0, 0.1) is 0 Å². The van der Waals surface area contributed by atoms with Crippen molar-refractivity contribution in [1.82, 2.24) is 0 Å². The van der Waals surface area contributed by atoms with E-state index < -0.39 is 21.1 Å². The highest BCUT2D eigenvalue weighted by Crippen LogP contribution is 2.35. The van der Waals surface area contributed by atoms with E-state index >= 15 is 0 Å². The fourth-order valence-electron chi connectivity index (χ4n) is 2.91. The van der Waals surface area contributed by atoms with Gasteiger partial charge in [0.1, 0.15) is 17.6 Å². The number of hydrogen-bond donors (Lipinski definition) is 1. The van der Waals surface area contributed by atoms with Crippen molar-refractivity contribution in [2.45, 2.75) is 29.4 Å². The molecule has 2 unspecified atom stereocenters. The predicted octanol–water partition coefficient (Wildman–Crippen LogP) is 1.04. The van der Waals surface area contributed by atoms with Crippen LogP contribution < -0.4 is 10.5 Å². The lowest BCUT2D eigenvalue weighted by molar-refractivity contribution is 0.0978. The van der Waals surface area contributed by atoms with Gasteiger partial charge in [-0.2, -0.15) is 0 Å². The zero-order chi connectivity index (χ0) is 14.2. The number of fused-ring (bicyclic) bond motifs is 1. The lowest BCUT2D eigenvalue weighted by atomic mass is 10.0. The minimum atomic E-state index is -3.31. The summed E-state index contributed by atoms with van der Waals surface area (Å²) in [4.78, 5) is 0. The highest BCUT2D eigenvalue weighted by Gasteiger charge is 2.42. The summed E-state index contributed by atoms with van der Waals surface area (Å²) in [5.74, 6) is 0.693. The van der Waals surface area contributed by atoms with Crippen LogP contribution in [0.3, 0.4) is 0 Å². The quantitative estimate of drug-likeness (QED) is 0.882. The Hall–Kier alpha value is -1.11. The molecule has 1 aromatic carbocycles. The number of sulfone groups is 1. The van der Waals surface area contributed by atoms with Gasteiger partial charge in [0.05, 0.1) is 11.3 Å². The Morgan fingerprint density at radius 3 is 2.60 bits per heavy atom. The van der Waals surface area contributed by atoms with E-state index in [4.69, 9.17) is 15.2 Å². The van der Waals surface area contributed by atoms with Gasteiger partial charge in [0.15, 0.2) is 9.84 Å². The molecular formula is C14H19NO4S. The van der Waals surface area contributed by atoms with E-state index in [0.717, 1.165) is 5.56 Å². The Balaban J connectivity index is 1.88. The second kappa shape index (κ2) is 5.35. The first-order valence-corrected chi connectivity index (χ1v) is 8.49. The molecule has 1 aromatic rings. The Morgan fingerprint density at radius 1 is 1.15 bits per heavy atom. The summed E-state index contributed by atoms with van der Waals surface area (Å²) in [7, 11) is -3.31. The summed E-state index contributed by atoms with van der Waals surface area (Å²) in [6.07, 6.45) is 1.10. The molecule has 2 aliphatic heterocycles. The summed E-state index contributed by atoms with van der Waals surface area (Å²) in [6, 6.07) is 6.86. The average molecular weight is 297 g/mol. The minimum absolute atomic E-state index is 0.137. The van der Waals surface area contributed by atoms with Gasteiger partial charge in [-0.15, -0.1) is 0 Å². The third-order valence-electron chi connectivity index (χ3n) is 4.14. The topological polar surface area (TPSA) is 78.6 Å². The van der Waals surface area contributed by atoms with Crippen molar-refractivity contribution in [3.63, 3.8) is 0 Å². The van der Waals surface area contributed by atoms with Crippen LogP contribution in [0.15, 0.2) is 24.3 Å². The van der Waals surface area contributed by atoms with E-state index in [1.807, 2.05) is 24.3 Å². The molecule has 2 atom stereocenters. The molecule has 0 radical (unpaired) electrons. The lowest BCUT2D eigenvalue weighted by Gasteiger charge is -2.34. The maximum Gasteiger partial charge on any atom is 0.161 e. The van der Waals surface area contributed by atoms with Crippen LogP contribution >= 0.6 is 0 Å². The highest BCUT2D eigenvalue weighted by atomic mass is 32.2. The Morgan fingerprint density at radius 2 is 1.85 bits per heavy atom. The molecule has 1 saturated heterocycles. The fourth-order valence-corrected chi connectivity index (χ4v) is 5.07. The van der Waals surface area contributed by atoms with Crippen LogP contribution in [0.5, 0.6) is 5.75 Å². The second-order valence-electron chi connectivity index (χ2n) is 5.31. The van der Waals surface area contributed by atoms with E-state index in [2.05, 4.69) is 0 Å². The summed E-state index contributed by atoms with van der Waals surface area (Å²) in [5, 5.41) is -1.03. The van der Waals surface area contributed by atoms with Gasteiger partial charge in [-0.1, -0.05) is 18.2 Å². The van der Waals surface area contributed by atoms with Crippen molar-refractivity contribution in [2.75, 3.05) is 19.8 Å². The normalized spacial score (nSPS) is 27.6. The Kier molecular flexibility index (Phi) is 3.70. The number of ether oxygens (including phenoxy) is 2. The van der Waals surface area contributed by atoms with E-state index in [1.54, 1.807) is 0 Å². The molecule has 0 amide bonds. The predicted molar refractivity (Wildman–Crippen MR) is 75.4 cm³/mol. The standard InChI is InChI=1S/C14H19NO4S/c15-14-11-3-1-2-4-12(11)19-9-13(14)20(16,17)10-5-7-18-8-6-10/h1-4,10,13-14H,5-9,15H2. The molecule has 110 valence electrons. The molecule has 2 aliphatic rings. The number of benzene rings is 1. The summed E-state index contributed by atoms with van der Waals surface area (Å²) in [5.41, 5.74) is 6.97. The molecule has 2 heterocycles. The van der Waals surface area contributed by atoms with Gasteiger partial charge in [-0.3, -0.25) is 0 Å². The monoisotopic (exact) mass is 297 g/mol. The highest BCUT2D eigenvalue weighted by molar-refractivity contribution is 7.92. The summed E-state index contributed by atoms with van der Waals surface area (Å²) < 4.78 is 36.3. The lowest BCUT2D eigenvalue weighted by Crippen LogP contribution is -2.46. The van der Waals surface area contributed by atoms with Crippen LogP contribution in [-0.2, 0) is 14.6 Å². The van der Waals surface area contributed by atoms with Crippen LogP contribution in [0.1, 0.15) is 24.4 Å². The zero-order valence-corrected chi connectivity index (χ0v) is 12.0. The molecule has 0 aliphatic carbocycles. The molecule has 0 spiro atoms. The first-order valence-electron chi connectivity index (χ1n) is 6.88. The first-order chi connectivity index (χ1) is 9.60. The Labute approximate surface area is 119 Å². The third kappa shape index (κ3) is 2.32. The molecule has 20 heavy (non-hydrogen) atoms. The van der Waals surface area contributed by atoms with Crippen LogP contribution in [0.4, 0.5) is 0 Å². The molecule has 0 aromatic heterocycles. The molecule has 1 fully saturated rings. The molecule has 3 rings (SSSR count). The Bertz CT molecular complexity index is 581. The van der Waals surface area contributed by atoms with Crippen molar-refractivity contribution in [1.29, 1.82) is 0 Å². The molecule has 5 nitrogen and oxygen atoms in total. The number of nitrogens with two attached hydrogens (primary N) is 1. The fraction of sp³-hybridized carbons (Fsp3) is 0.571. The number of hydrogen-bond acceptors (Lipinski definition) is 5. The zero-order valence-electron chi connectivity index (χ0n) is 11.2. The van der Waals surface area contributed by atoms with Gasteiger partial charge < -0.3 is 15.2 Å². The van der Waals surface area contributed by atoms with Crippen molar-refractivity contribution in [3.8, 4) is 5.75 Å². The second-order valence-corrected chi connectivity index (χ2v) is 7.76. The van der Waals surface area contributed by atoms with E-state index in [0.29, 0.717) is 31.8 Å². The van der Waals surface area contributed by atoms with Crippen LogP contribution in [-0.4, -0.2) is 38.7 Å². The summed E-state index contributed by atoms with van der Waals surface area (Å²) >= 11 is 0. The van der Waals surface area contributed by atoms with Crippen LogP contribution in [0.25, 0.3) is 0 Å². The maximum atomic E-state index is 12.7. The third-order valence-corrected chi connectivity index (χ3v) is 6.81. The number of para-hydroxylation sites is 1. The number of rotatable bonds is 2. The van der Waals surface area contributed by atoms with Crippen molar-refractivity contribution in [3.05, 3.63) is 29.8 Å². The molecule has 6 heteroatoms. The molecule has 2 N–H and O–H groups in total. The van der Waals surface area contributed by atoms with E-state index in [-0.39, 0.29) is 11.9 Å². The maximum absolute atomic E-state index is 12.7. The van der Waals surface area contributed by atoms with Gasteiger partial charge in [-0.25, -0.2) is 8.42 Å². The molecule has 0 bridgehead atoms. The van der Waals surface area contributed by atoms with E-state index in [1.165, 1.54) is 0 Å². The minimum Gasteiger partial charge on any atom is -0.492 e. The van der Waals surface area contributed by atoms with Crippen LogP contribution in [0.2, 0.25) is 0 Å². The molecule has 0 saturated carbocycles. The SMILES string of the molecule is NC1c2ccccc2OCC1S(=O)(=O)C1CCOCC1. The first kappa shape index (κ1) is 13.9. The average Bonchev–Trinajstić information content (AvgIpc) is 2.48. The smallest absolute Gasteiger partial charge is 0.161 e. The van der Waals surface area contributed by atoms with Crippen molar-refractivity contribution >= 4 is 9.84 Å². The van der Waals surface area contributed by atoms with Gasteiger partial charge in [0.2, 0.25) is 0 Å². The van der Waals surface area contributed by atoms with Crippen molar-refractivity contribution < 1.29 is 17.9 Å². The summed E-state index contributed by atoms with van der Waals surface area (Å²) in [6.45, 7) is 1.14. The van der Waals surface area contributed by atoms with Gasteiger partial charge in [0, 0.05) is 18.8 Å². The van der Waals surface area contributed by atoms with Gasteiger partial charge in [-0.05, 0) is 18.9 Å². The van der Waals surface area contributed by atoms with Gasteiger partial charge in [0.25, 0.3) is 0 Å². The largest absolute Gasteiger partial charge is 0.492 e. The van der Waals surface area contributed by atoms with Crippen molar-refractivity contribution in [2.24, 2.45) is 5.73 Å². The van der Waals surface area contributed by atoms with Gasteiger partial charge >= 0.3 is 0 Å². The molecular weight excluding hydrogens is 278 g/mol.